The summed E-state index contributed by atoms with van der Waals surface area (Å²) in [7, 11) is 2.81. The van der Waals surface area contributed by atoms with Gasteiger partial charge in [0.25, 0.3) is 0 Å². The summed E-state index contributed by atoms with van der Waals surface area (Å²) in [6.07, 6.45) is 3.63. The normalized spacial score (nSPS) is 12.3. The molecular weight excluding hydrogens is 395 g/mol. The first kappa shape index (κ1) is 28.9. The molecule has 6 nitrogen and oxygen atoms in total. The van der Waals surface area contributed by atoms with Gasteiger partial charge in [0.2, 0.25) is 0 Å². The minimum absolute atomic E-state index is 0. The van der Waals surface area contributed by atoms with Gasteiger partial charge in [-0.3, -0.25) is 9.59 Å². The maximum Gasteiger partial charge on any atom is 0.323 e. The number of carbonyl (C=O) groups excluding carboxylic acids is 2. The third-order valence-corrected chi connectivity index (χ3v) is 5.14. The number of hydrogen-bond donors (Lipinski definition) is 2. The second kappa shape index (κ2) is 19.5. The summed E-state index contributed by atoms with van der Waals surface area (Å²) in [5.41, 5.74) is 11.5. The van der Waals surface area contributed by atoms with Crippen molar-refractivity contribution in [2.75, 3.05) is 24.7 Å². The minimum Gasteiger partial charge on any atom is -0.465 e. The first-order valence-electron chi connectivity index (χ1n) is 7.61. The van der Waals surface area contributed by atoms with Gasteiger partial charge in [-0.2, -0.15) is 0 Å². The molecule has 0 fully saturated rings. The van der Waals surface area contributed by atoms with Gasteiger partial charge in [-0.05, 0) is 12.8 Å². The topological polar surface area (TPSA) is 105 Å². The predicted octanol–water partition coefficient (Wildman–Crippen LogP) is 2.55. The number of hydrogen-bond acceptors (Lipinski definition) is 8. The van der Waals surface area contributed by atoms with E-state index in [0.29, 0.717) is 24.7 Å². The Morgan fingerprint density at radius 1 is 0.833 bits per heavy atom. The molecule has 10 heteroatoms. The van der Waals surface area contributed by atoms with Gasteiger partial charge in [-0.25, -0.2) is 0 Å². The number of unbranched alkanes of at least 4 members (excludes halogenated alkanes) is 2. The van der Waals surface area contributed by atoms with Crippen molar-refractivity contribution in [3.63, 3.8) is 0 Å². The molecule has 0 aromatic rings. The van der Waals surface area contributed by atoms with Gasteiger partial charge in [-0.1, -0.05) is 48.3 Å². The van der Waals surface area contributed by atoms with Crippen LogP contribution in [0.5, 0.6) is 0 Å². The molecule has 0 unspecified atom stereocenters. The Morgan fingerprint density at radius 3 is 1.46 bits per heavy atom. The molecule has 0 saturated heterocycles. The second-order valence-electron chi connectivity index (χ2n) is 4.82. The van der Waals surface area contributed by atoms with Crippen molar-refractivity contribution in [2.24, 2.45) is 11.5 Å². The maximum absolute atomic E-state index is 11.5. The molecule has 0 radical (unpaired) electrons. The molecule has 2 atom stereocenters. The highest BCUT2D eigenvalue weighted by Crippen LogP contribution is 2.22. The number of carbonyl (C=O) groups is 2. The summed E-state index contributed by atoms with van der Waals surface area (Å²) < 4.78 is 10.1. The SMILES string of the molecule is CCCCOC(=O)[C@@H](N)CSSC[C@H](N)C(=O)OCCCC.Cl.Cl. The first-order valence-corrected chi connectivity index (χ1v) is 10.1. The zero-order valence-corrected chi connectivity index (χ0v) is 17.5. The molecule has 0 aromatic carbocycles. The van der Waals surface area contributed by atoms with E-state index in [9.17, 15) is 9.59 Å². The van der Waals surface area contributed by atoms with Crippen molar-refractivity contribution >= 4 is 58.3 Å². The second-order valence-corrected chi connectivity index (χ2v) is 7.38. The van der Waals surface area contributed by atoms with Crippen LogP contribution in [0.15, 0.2) is 0 Å². The van der Waals surface area contributed by atoms with Crippen LogP contribution in [0.25, 0.3) is 0 Å². The fourth-order valence-corrected chi connectivity index (χ4v) is 3.44. The number of halogens is 2. The summed E-state index contributed by atoms with van der Waals surface area (Å²) in [6.45, 7) is 4.87. The Morgan fingerprint density at radius 2 is 1.17 bits per heavy atom. The maximum atomic E-state index is 11.5. The summed E-state index contributed by atoms with van der Waals surface area (Å²) in [4.78, 5) is 23.1. The molecule has 0 amide bonds. The highest BCUT2D eigenvalue weighted by molar-refractivity contribution is 8.76. The smallest absolute Gasteiger partial charge is 0.323 e. The lowest BCUT2D eigenvalue weighted by molar-refractivity contribution is -0.145. The van der Waals surface area contributed by atoms with Gasteiger partial charge in [-0.15, -0.1) is 24.8 Å². The summed E-state index contributed by atoms with van der Waals surface area (Å²) >= 11 is 0. The average Bonchev–Trinajstić information content (AvgIpc) is 2.51. The largest absolute Gasteiger partial charge is 0.465 e. The lowest BCUT2D eigenvalue weighted by atomic mass is 10.3. The van der Waals surface area contributed by atoms with Crippen molar-refractivity contribution in [3.8, 4) is 0 Å². The molecule has 0 saturated carbocycles. The van der Waals surface area contributed by atoms with Gasteiger partial charge in [0, 0.05) is 11.5 Å². The van der Waals surface area contributed by atoms with Crippen molar-refractivity contribution in [1.82, 2.24) is 0 Å². The summed E-state index contributed by atoms with van der Waals surface area (Å²) in [6, 6.07) is -1.30. The molecule has 0 aliphatic heterocycles. The van der Waals surface area contributed by atoms with E-state index in [1.807, 2.05) is 13.8 Å². The Bertz CT molecular complexity index is 299. The van der Waals surface area contributed by atoms with E-state index in [0.717, 1.165) is 25.7 Å². The lowest BCUT2D eigenvalue weighted by Gasteiger charge is -2.12. The molecule has 0 aromatic heterocycles. The predicted molar refractivity (Wildman–Crippen MR) is 107 cm³/mol. The van der Waals surface area contributed by atoms with E-state index in [4.69, 9.17) is 20.9 Å². The molecule has 0 heterocycles. The first-order chi connectivity index (χ1) is 10.5. The molecule has 0 rings (SSSR count). The molecule has 0 aliphatic rings. The average molecular weight is 425 g/mol. The molecule has 0 spiro atoms. The Balaban J connectivity index is -0.00000220. The fourth-order valence-electron chi connectivity index (χ4n) is 1.23. The van der Waals surface area contributed by atoms with Gasteiger partial charge >= 0.3 is 11.9 Å². The molecule has 146 valence electrons. The van der Waals surface area contributed by atoms with Crippen molar-refractivity contribution in [2.45, 2.75) is 51.6 Å². The summed E-state index contributed by atoms with van der Waals surface area (Å²) in [5, 5.41) is 0. The van der Waals surface area contributed by atoms with Gasteiger partial charge < -0.3 is 20.9 Å². The van der Waals surface area contributed by atoms with Crippen LogP contribution in [0, 0.1) is 0 Å². The van der Waals surface area contributed by atoms with Crippen LogP contribution in [-0.4, -0.2) is 48.7 Å². The highest BCUT2D eigenvalue weighted by atomic mass is 35.5. The van der Waals surface area contributed by atoms with Crippen LogP contribution in [0.1, 0.15) is 39.5 Å². The van der Waals surface area contributed by atoms with Crippen molar-refractivity contribution in [1.29, 1.82) is 0 Å². The monoisotopic (exact) mass is 424 g/mol. The molecule has 0 bridgehead atoms. The van der Waals surface area contributed by atoms with Gasteiger partial charge in [0.05, 0.1) is 13.2 Å². The number of esters is 2. The molecule has 24 heavy (non-hydrogen) atoms. The van der Waals surface area contributed by atoms with E-state index >= 15 is 0 Å². The third-order valence-electron chi connectivity index (χ3n) is 2.67. The quantitative estimate of drug-likeness (QED) is 0.264. The van der Waals surface area contributed by atoms with Crippen LogP contribution >= 0.6 is 46.4 Å². The molecule has 4 N–H and O–H groups in total. The Kier molecular flexibility index (Phi) is 23.5. The molecule has 0 aliphatic carbocycles. The molecular formula is C14H30Cl2N2O4S2. The van der Waals surface area contributed by atoms with E-state index in [1.54, 1.807) is 0 Å². The van der Waals surface area contributed by atoms with Crippen LogP contribution < -0.4 is 11.5 Å². The van der Waals surface area contributed by atoms with Crippen LogP contribution in [0.2, 0.25) is 0 Å². The van der Waals surface area contributed by atoms with E-state index in [2.05, 4.69) is 0 Å². The summed E-state index contributed by atoms with van der Waals surface area (Å²) in [5.74, 6) is 0.0788. The Hall–Kier alpha value is 0.140. The van der Waals surface area contributed by atoms with E-state index in [1.165, 1.54) is 21.6 Å². The zero-order valence-electron chi connectivity index (χ0n) is 14.2. The van der Waals surface area contributed by atoms with E-state index < -0.39 is 12.1 Å². The Labute approximate surface area is 165 Å². The van der Waals surface area contributed by atoms with Crippen LogP contribution in [0.3, 0.4) is 0 Å². The number of nitrogens with two attached hydrogens (primary N) is 2. The number of rotatable bonds is 13. The zero-order chi connectivity index (χ0) is 16.8. The third kappa shape index (κ3) is 15.7. The van der Waals surface area contributed by atoms with Gasteiger partial charge in [0.1, 0.15) is 12.1 Å². The fraction of sp³-hybridized carbons (Fsp3) is 0.857. The van der Waals surface area contributed by atoms with Crippen LogP contribution in [0.4, 0.5) is 0 Å². The minimum atomic E-state index is -0.651. The van der Waals surface area contributed by atoms with Crippen LogP contribution in [-0.2, 0) is 19.1 Å². The standard InChI is InChI=1S/C14H28N2O4S2.2ClH/c1-3-5-7-19-13(17)11(15)9-21-22-10-12(16)14(18)20-8-6-4-2;;/h11-12H,3-10,15-16H2,1-2H3;2*1H/t11-,12-;;/m0../s1. The van der Waals surface area contributed by atoms with E-state index in [-0.39, 0.29) is 36.8 Å². The lowest BCUT2D eigenvalue weighted by Crippen LogP contribution is -2.35. The van der Waals surface area contributed by atoms with Crippen molar-refractivity contribution in [3.05, 3.63) is 0 Å². The number of ether oxygens (including phenoxy) is 2. The highest BCUT2D eigenvalue weighted by Gasteiger charge is 2.17. The van der Waals surface area contributed by atoms with Crippen molar-refractivity contribution < 1.29 is 19.1 Å². The van der Waals surface area contributed by atoms with Gasteiger partial charge in [0.15, 0.2) is 0 Å².